The van der Waals surface area contributed by atoms with Crippen LogP contribution in [-0.2, 0) is 5.41 Å². The summed E-state index contributed by atoms with van der Waals surface area (Å²) in [7, 11) is -2.30. The Morgan fingerprint density at radius 1 is 0.593 bits per heavy atom. The number of para-hydroxylation sites is 1. The number of allylic oxidation sites excluding steroid dienone is 3. The van der Waals surface area contributed by atoms with Gasteiger partial charge in [-0.15, -0.1) is 0 Å². The minimum Gasteiger partial charge on any atom is -0.457 e. The summed E-state index contributed by atoms with van der Waals surface area (Å²) in [5.41, 5.74) is 14.5. The van der Waals surface area contributed by atoms with Crippen LogP contribution in [0.2, 0.25) is 13.1 Å². The molecule has 0 aromatic heterocycles. The van der Waals surface area contributed by atoms with Crippen molar-refractivity contribution in [3.63, 3.8) is 0 Å². The second-order valence-corrected chi connectivity index (χ2v) is 21.1. The van der Waals surface area contributed by atoms with E-state index >= 15 is 0 Å². The molecule has 4 nitrogen and oxygen atoms in total. The van der Waals surface area contributed by atoms with Crippen LogP contribution in [0, 0.1) is 5.92 Å². The molecule has 5 aliphatic rings. The van der Waals surface area contributed by atoms with Gasteiger partial charge in [0.15, 0.2) is 0 Å². The van der Waals surface area contributed by atoms with Gasteiger partial charge in [0.1, 0.15) is 37.4 Å². The van der Waals surface area contributed by atoms with Gasteiger partial charge in [-0.2, -0.15) is 0 Å². The molecule has 0 radical (unpaired) electrons. The number of hydrogen-bond acceptors (Lipinski definition) is 4. The third-order valence-corrected chi connectivity index (χ3v) is 17.1. The van der Waals surface area contributed by atoms with E-state index in [1.165, 1.54) is 66.0 Å². The van der Waals surface area contributed by atoms with Gasteiger partial charge in [0, 0.05) is 22.6 Å². The molecule has 0 fully saturated rings. The predicted molar refractivity (Wildman–Crippen MR) is 243 cm³/mol. The minimum atomic E-state index is -2.30. The molecule has 5 heteroatoms. The Balaban J connectivity index is 0.990. The maximum atomic E-state index is 6.97. The number of amidine groups is 2. The van der Waals surface area contributed by atoms with Gasteiger partial charge in [0.25, 0.3) is 0 Å². The summed E-state index contributed by atoms with van der Waals surface area (Å²) in [4.78, 5) is 10.8. The summed E-state index contributed by atoms with van der Waals surface area (Å²) in [5, 5.41) is 6.67. The van der Waals surface area contributed by atoms with Crippen LogP contribution in [0.4, 0.5) is 0 Å². The van der Waals surface area contributed by atoms with Crippen molar-refractivity contribution in [2.24, 2.45) is 15.9 Å². The van der Waals surface area contributed by atoms with E-state index < -0.39 is 13.5 Å². The molecule has 0 saturated heterocycles. The van der Waals surface area contributed by atoms with Crippen molar-refractivity contribution in [1.82, 2.24) is 5.32 Å². The van der Waals surface area contributed by atoms with Crippen LogP contribution >= 0.6 is 0 Å². The fourth-order valence-electron chi connectivity index (χ4n) is 11.0. The van der Waals surface area contributed by atoms with Crippen molar-refractivity contribution < 1.29 is 4.74 Å². The Morgan fingerprint density at radius 2 is 1.22 bits per heavy atom. The van der Waals surface area contributed by atoms with Crippen molar-refractivity contribution in [1.29, 1.82) is 0 Å². The topological polar surface area (TPSA) is 46.0 Å². The molecule has 0 amide bonds. The first kappa shape index (κ1) is 34.2. The molecule has 2 unspecified atom stereocenters. The number of rotatable bonds is 4. The number of nitrogens with zero attached hydrogens (tertiary/aromatic N) is 2. The quantitative estimate of drug-likeness (QED) is 0.181. The normalized spacial score (nSPS) is 19.6. The van der Waals surface area contributed by atoms with Crippen molar-refractivity contribution >= 4 is 30.5 Å². The lowest BCUT2D eigenvalue weighted by atomic mass is 9.66. The summed E-state index contributed by atoms with van der Waals surface area (Å²) in [6.45, 7) is 5.07. The van der Waals surface area contributed by atoms with E-state index in [0.29, 0.717) is 0 Å². The first-order chi connectivity index (χ1) is 29.0. The molecule has 282 valence electrons. The first-order valence-electron chi connectivity index (χ1n) is 20.7. The highest BCUT2D eigenvalue weighted by atomic mass is 28.3. The minimum absolute atomic E-state index is 0.0784. The van der Waals surface area contributed by atoms with Crippen molar-refractivity contribution in [3.8, 4) is 33.8 Å². The molecule has 7 aromatic carbocycles. The summed E-state index contributed by atoms with van der Waals surface area (Å²) in [5.74, 6) is 3.68. The maximum Gasteiger partial charge on any atom is 0.147 e. The Hall–Kier alpha value is -6.82. The van der Waals surface area contributed by atoms with E-state index in [2.05, 4.69) is 200 Å². The Labute approximate surface area is 346 Å². The van der Waals surface area contributed by atoms with E-state index in [4.69, 9.17) is 14.7 Å². The van der Waals surface area contributed by atoms with Gasteiger partial charge >= 0.3 is 0 Å². The smallest absolute Gasteiger partial charge is 0.147 e. The van der Waals surface area contributed by atoms with Gasteiger partial charge in [-0.1, -0.05) is 188 Å². The average Bonchev–Trinajstić information content (AvgIpc) is 3.72. The molecule has 3 aliphatic heterocycles. The molecule has 2 atom stereocenters. The first-order valence-corrected chi connectivity index (χ1v) is 23.7. The van der Waals surface area contributed by atoms with Gasteiger partial charge in [-0.05, 0) is 73.8 Å². The third kappa shape index (κ3) is 4.88. The van der Waals surface area contributed by atoms with Crippen LogP contribution in [0.5, 0.6) is 11.5 Å². The Bertz CT molecular complexity index is 2970. The number of ether oxygens (including phenoxy) is 1. The zero-order chi connectivity index (χ0) is 39.3. The zero-order valence-corrected chi connectivity index (χ0v) is 34.0. The highest BCUT2D eigenvalue weighted by Gasteiger charge is 2.51. The lowest BCUT2D eigenvalue weighted by molar-refractivity contribution is 0.436. The van der Waals surface area contributed by atoms with Crippen LogP contribution in [0.15, 0.2) is 197 Å². The number of nitrogens with one attached hydrogen (secondary N) is 1. The number of benzene rings is 7. The molecule has 0 bridgehead atoms. The molecule has 12 rings (SSSR count). The average molecular weight is 776 g/mol. The third-order valence-electron chi connectivity index (χ3n) is 13.3. The number of aliphatic imine (C=N–C) groups is 2. The van der Waals surface area contributed by atoms with Crippen LogP contribution in [0.25, 0.3) is 27.8 Å². The van der Waals surface area contributed by atoms with Crippen LogP contribution < -0.4 is 15.2 Å². The highest BCUT2D eigenvalue weighted by Crippen LogP contribution is 2.62. The van der Waals surface area contributed by atoms with Gasteiger partial charge in [-0.25, -0.2) is 9.98 Å². The predicted octanol–water partition coefficient (Wildman–Crippen LogP) is 11.8. The highest BCUT2D eigenvalue weighted by molar-refractivity contribution is 6.99. The molecular formula is C54H41N3OSi. The molecule has 7 aromatic rings. The van der Waals surface area contributed by atoms with Gasteiger partial charge in [0.2, 0.25) is 0 Å². The summed E-state index contributed by atoms with van der Waals surface area (Å²) in [6.07, 6.45) is 5.37. The second kappa shape index (κ2) is 12.8. The lowest BCUT2D eigenvalue weighted by Gasteiger charge is -2.39. The molecule has 0 saturated carbocycles. The largest absolute Gasteiger partial charge is 0.457 e. The second-order valence-electron chi connectivity index (χ2n) is 16.8. The van der Waals surface area contributed by atoms with Gasteiger partial charge in [0.05, 0.1) is 5.41 Å². The van der Waals surface area contributed by atoms with E-state index in [1.807, 2.05) is 0 Å². The van der Waals surface area contributed by atoms with Crippen molar-refractivity contribution in [2.75, 3.05) is 0 Å². The van der Waals surface area contributed by atoms with E-state index in [0.717, 1.165) is 40.7 Å². The molecule has 2 aliphatic carbocycles. The molecular weight excluding hydrogens is 735 g/mol. The van der Waals surface area contributed by atoms with Crippen molar-refractivity contribution in [3.05, 3.63) is 226 Å². The monoisotopic (exact) mass is 775 g/mol. The fourth-order valence-corrected chi connectivity index (χ4v) is 15.1. The number of hydrogen-bond donors (Lipinski definition) is 1. The zero-order valence-electron chi connectivity index (χ0n) is 33.0. The summed E-state index contributed by atoms with van der Waals surface area (Å²) >= 11 is 0. The van der Waals surface area contributed by atoms with Crippen LogP contribution in [0.3, 0.4) is 0 Å². The maximum absolute atomic E-state index is 6.97. The number of fused-ring (bicyclic) bond motifs is 11. The summed E-state index contributed by atoms with van der Waals surface area (Å²) in [6, 6.07) is 61.4. The van der Waals surface area contributed by atoms with E-state index in [9.17, 15) is 0 Å². The molecule has 1 N–H and O–H groups in total. The van der Waals surface area contributed by atoms with Crippen LogP contribution in [0.1, 0.15) is 51.5 Å². The van der Waals surface area contributed by atoms with E-state index in [1.54, 1.807) is 0 Å². The molecule has 3 heterocycles. The SMILES string of the molecule is C[Si]1(C)C2=C(C=CCC2C2=NC(c3ccccc3)NC(c3ccccc3)=N2)c2cccc(-c3ccc4c(c3)Oc3ccccc3C43c4ccccc4-c4ccccc43)c21. The van der Waals surface area contributed by atoms with Crippen LogP contribution in [-0.4, -0.2) is 19.7 Å². The molecule has 1 spiro atoms. The standard InChI is InChI=1S/C54H41N3OSi/c1-59(2)49-37(36-31-32-46-48(33-36)58-47-30-14-13-29-45(47)54(46)43-27-11-9-21-38(43)39-22-10-12-28-44(39)54)23-15-24-40(49)41-25-16-26-42(50(41)59)53-56-51(34-17-5-3-6-18-34)55-52(57-53)35-19-7-4-8-20-35/h3-25,27-33,42,51H,26H2,1-2H3,(H,55,56,57). The summed E-state index contributed by atoms with van der Waals surface area (Å²) < 4.78 is 6.97. The van der Waals surface area contributed by atoms with Gasteiger partial charge in [-0.3, -0.25) is 0 Å². The fraction of sp³-hybridized carbons (Fsp3) is 0.111. The Morgan fingerprint density at radius 3 is 1.98 bits per heavy atom. The van der Waals surface area contributed by atoms with E-state index in [-0.39, 0.29) is 12.1 Å². The Kier molecular flexibility index (Phi) is 7.45. The van der Waals surface area contributed by atoms with Crippen molar-refractivity contribution in [2.45, 2.75) is 31.1 Å². The molecule has 59 heavy (non-hydrogen) atoms. The lowest BCUT2D eigenvalue weighted by Crippen LogP contribution is -2.46. The van der Waals surface area contributed by atoms with Gasteiger partial charge < -0.3 is 10.1 Å².